The first kappa shape index (κ1) is 18.5. The molecule has 1 heterocycles. The second-order valence-corrected chi connectivity index (χ2v) is 8.06. The van der Waals surface area contributed by atoms with E-state index in [4.69, 9.17) is 0 Å². The Labute approximate surface area is 153 Å². The molecule has 0 saturated heterocycles. The van der Waals surface area contributed by atoms with Crippen molar-refractivity contribution in [1.82, 2.24) is 3.97 Å². The third-order valence-electron chi connectivity index (χ3n) is 3.70. The van der Waals surface area contributed by atoms with Crippen LogP contribution in [0.15, 0.2) is 58.0 Å². The molecule has 10 heteroatoms. The molecule has 0 atom stereocenters. The second kappa shape index (κ2) is 6.13. The van der Waals surface area contributed by atoms with E-state index in [0.29, 0.717) is 20.6 Å². The fraction of sp³-hybridized carbons (Fsp3) is 0.0625. The van der Waals surface area contributed by atoms with Gasteiger partial charge in [0.1, 0.15) is 0 Å². The molecule has 0 saturated carbocycles. The normalized spacial score (nSPS) is 12.5. The van der Waals surface area contributed by atoms with E-state index in [1.54, 1.807) is 0 Å². The van der Waals surface area contributed by atoms with Crippen LogP contribution in [-0.4, -0.2) is 23.5 Å². The molecule has 3 aromatic rings. The van der Waals surface area contributed by atoms with E-state index < -0.39 is 33.3 Å². The minimum Gasteiger partial charge on any atom is -0.478 e. The molecule has 26 heavy (non-hydrogen) atoms. The first-order valence-corrected chi connectivity index (χ1v) is 9.22. The Kier molecular flexibility index (Phi) is 4.35. The van der Waals surface area contributed by atoms with Crippen LogP contribution in [0.3, 0.4) is 0 Å². The van der Waals surface area contributed by atoms with Crippen molar-refractivity contribution >= 4 is 42.8 Å². The fourth-order valence-electron chi connectivity index (χ4n) is 2.47. The van der Waals surface area contributed by atoms with Crippen molar-refractivity contribution < 1.29 is 31.5 Å². The largest absolute Gasteiger partial charge is 0.478 e. The van der Waals surface area contributed by atoms with Gasteiger partial charge in [0.2, 0.25) is 0 Å². The minimum atomic E-state index is -4.68. The molecule has 0 spiro atoms. The molecule has 3 rings (SSSR count). The molecular formula is C16H9BrF3NO4S. The van der Waals surface area contributed by atoms with Crippen LogP contribution < -0.4 is 0 Å². The molecule has 0 aliphatic rings. The molecular weight excluding hydrogens is 439 g/mol. The maximum absolute atomic E-state index is 12.9. The lowest BCUT2D eigenvalue weighted by molar-refractivity contribution is -0.137. The number of alkyl halides is 3. The number of benzene rings is 2. The minimum absolute atomic E-state index is 0.130. The van der Waals surface area contributed by atoms with Crippen LogP contribution >= 0.6 is 15.9 Å². The average Bonchev–Trinajstić information content (AvgIpc) is 2.94. The molecule has 0 bridgehead atoms. The molecule has 0 amide bonds. The van der Waals surface area contributed by atoms with Crippen LogP contribution in [0.2, 0.25) is 0 Å². The predicted molar refractivity (Wildman–Crippen MR) is 90.6 cm³/mol. The van der Waals surface area contributed by atoms with Gasteiger partial charge in [0.15, 0.2) is 0 Å². The number of halogens is 4. The van der Waals surface area contributed by atoms with E-state index in [1.807, 2.05) is 0 Å². The number of carboxylic acid groups (broad SMARTS) is 1. The third kappa shape index (κ3) is 3.10. The van der Waals surface area contributed by atoms with Gasteiger partial charge in [-0.2, -0.15) is 13.2 Å². The Bertz CT molecular complexity index is 1120. The zero-order valence-electron chi connectivity index (χ0n) is 12.7. The second-order valence-electron chi connectivity index (χ2n) is 5.33. The van der Waals surface area contributed by atoms with Crippen LogP contribution in [0.25, 0.3) is 10.9 Å². The van der Waals surface area contributed by atoms with Crippen molar-refractivity contribution in [1.29, 1.82) is 0 Å². The van der Waals surface area contributed by atoms with Crippen molar-refractivity contribution in [3.63, 3.8) is 0 Å². The smallest absolute Gasteiger partial charge is 0.416 e. The molecule has 136 valence electrons. The fourth-order valence-corrected chi connectivity index (χ4v) is 4.10. The van der Waals surface area contributed by atoms with Gasteiger partial charge in [-0.25, -0.2) is 17.2 Å². The molecule has 1 N–H and O–H groups in total. The summed E-state index contributed by atoms with van der Waals surface area (Å²) in [6, 6.07) is 7.86. The van der Waals surface area contributed by atoms with Crippen molar-refractivity contribution in [2.75, 3.05) is 0 Å². The molecule has 1 aromatic heterocycles. The first-order valence-electron chi connectivity index (χ1n) is 6.98. The van der Waals surface area contributed by atoms with Crippen molar-refractivity contribution in [3.05, 3.63) is 64.3 Å². The summed E-state index contributed by atoms with van der Waals surface area (Å²) < 4.78 is 65.7. The van der Waals surface area contributed by atoms with Crippen molar-refractivity contribution in [2.45, 2.75) is 11.1 Å². The van der Waals surface area contributed by atoms with Gasteiger partial charge in [0.25, 0.3) is 10.0 Å². The third-order valence-corrected chi connectivity index (χ3v) is 5.92. The number of aromatic carboxylic acids is 1. The van der Waals surface area contributed by atoms with Gasteiger partial charge in [-0.1, -0.05) is 15.9 Å². The van der Waals surface area contributed by atoms with Gasteiger partial charge < -0.3 is 5.11 Å². The molecule has 5 nitrogen and oxygen atoms in total. The van der Waals surface area contributed by atoms with E-state index in [9.17, 15) is 31.5 Å². The van der Waals surface area contributed by atoms with E-state index in [-0.39, 0.29) is 15.8 Å². The predicted octanol–water partition coefficient (Wildman–Crippen LogP) is 4.36. The molecule has 0 aliphatic heterocycles. The van der Waals surface area contributed by atoms with Gasteiger partial charge in [-0.3, -0.25) is 0 Å². The molecule has 0 aliphatic carbocycles. The molecule has 0 fully saturated rings. The number of carbonyl (C=O) groups is 1. The average molecular weight is 448 g/mol. The number of fused-ring (bicyclic) bond motifs is 1. The van der Waals surface area contributed by atoms with Crippen LogP contribution in [0.1, 0.15) is 15.9 Å². The lowest BCUT2D eigenvalue weighted by Crippen LogP contribution is -2.12. The summed E-state index contributed by atoms with van der Waals surface area (Å²) in [5.74, 6) is -1.53. The topological polar surface area (TPSA) is 76.4 Å². The molecule has 2 aromatic carbocycles. The van der Waals surface area contributed by atoms with Crippen molar-refractivity contribution in [2.24, 2.45) is 0 Å². The number of hydrogen-bond donors (Lipinski definition) is 1. The lowest BCUT2D eigenvalue weighted by atomic mass is 10.1. The van der Waals surface area contributed by atoms with Crippen LogP contribution in [0.5, 0.6) is 0 Å². The maximum Gasteiger partial charge on any atom is 0.416 e. The number of nitrogens with zero attached hydrogens (tertiary/aromatic N) is 1. The highest BCUT2D eigenvalue weighted by atomic mass is 79.9. The summed E-state index contributed by atoms with van der Waals surface area (Å²) in [5, 5.41) is 8.95. The van der Waals surface area contributed by atoms with E-state index >= 15 is 0 Å². The summed E-state index contributed by atoms with van der Waals surface area (Å²) in [7, 11) is -4.19. The number of rotatable bonds is 3. The van der Waals surface area contributed by atoms with Crippen LogP contribution in [0.4, 0.5) is 13.2 Å². The van der Waals surface area contributed by atoms with Gasteiger partial charge in [0, 0.05) is 16.1 Å². The molecule has 0 radical (unpaired) electrons. The van der Waals surface area contributed by atoms with Gasteiger partial charge in [-0.15, -0.1) is 0 Å². The summed E-state index contributed by atoms with van der Waals surface area (Å²) in [4.78, 5) is 11.3. The first-order chi connectivity index (χ1) is 12.0. The summed E-state index contributed by atoms with van der Waals surface area (Å²) in [6.07, 6.45) is -3.87. The number of aromatic nitrogens is 1. The molecule has 0 unspecified atom stereocenters. The zero-order valence-corrected chi connectivity index (χ0v) is 15.1. The quantitative estimate of drug-likeness (QED) is 0.646. The maximum atomic E-state index is 12.9. The van der Waals surface area contributed by atoms with E-state index in [0.717, 1.165) is 12.3 Å². The zero-order chi connectivity index (χ0) is 19.3. The summed E-state index contributed by atoms with van der Waals surface area (Å²) >= 11 is 3.17. The highest BCUT2D eigenvalue weighted by Crippen LogP contribution is 2.34. The SMILES string of the molecule is O=C(O)c1cn(S(=O)(=O)c2ccc(Br)cc2)c2ccc(C(F)(F)F)cc12. The van der Waals surface area contributed by atoms with Crippen molar-refractivity contribution in [3.8, 4) is 0 Å². The van der Waals surface area contributed by atoms with Crippen LogP contribution in [-0.2, 0) is 16.2 Å². The van der Waals surface area contributed by atoms with Crippen LogP contribution in [0, 0.1) is 0 Å². The highest BCUT2D eigenvalue weighted by molar-refractivity contribution is 9.10. The van der Waals surface area contributed by atoms with E-state index in [1.165, 1.54) is 24.3 Å². The number of hydrogen-bond acceptors (Lipinski definition) is 3. The Morgan fingerprint density at radius 2 is 1.69 bits per heavy atom. The summed E-state index contributed by atoms with van der Waals surface area (Å²) in [6.45, 7) is 0. The number of carboxylic acids is 1. The Morgan fingerprint density at radius 1 is 1.08 bits per heavy atom. The Balaban J connectivity index is 2.30. The Morgan fingerprint density at radius 3 is 2.23 bits per heavy atom. The summed E-state index contributed by atoms with van der Waals surface area (Å²) in [5.41, 5.74) is -1.75. The van der Waals surface area contributed by atoms with Gasteiger partial charge in [-0.05, 0) is 42.5 Å². The van der Waals surface area contributed by atoms with E-state index in [2.05, 4.69) is 15.9 Å². The van der Waals surface area contributed by atoms with Gasteiger partial charge in [0.05, 0.1) is 21.5 Å². The monoisotopic (exact) mass is 447 g/mol. The highest BCUT2D eigenvalue weighted by Gasteiger charge is 2.32. The lowest BCUT2D eigenvalue weighted by Gasteiger charge is -2.09. The Hall–Kier alpha value is -2.33. The van der Waals surface area contributed by atoms with Gasteiger partial charge >= 0.3 is 12.1 Å². The standard InChI is InChI=1S/C16H9BrF3NO4S/c17-10-2-4-11(5-3-10)26(24,25)21-8-13(15(22)23)12-7-9(16(18,19)20)1-6-14(12)21/h1-8H,(H,22,23).